The molecule has 1 aromatic heterocycles. The van der Waals surface area contributed by atoms with Crippen LogP contribution in [0.25, 0.3) is 0 Å². The molecule has 0 saturated heterocycles. The smallest absolute Gasteiger partial charge is 0.259 e. The number of rotatable bonds is 1. The van der Waals surface area contributed by atoms with Crippen LogP contribution in [0.1, 0.15) is 11.1 Å². The lowest BCUT2D eigenvalue weighted by atomic mass is 10.0. The van der Waals surface area contributed by atoms with Crippen LogP contribution in [-0.4, -0.2) is 17.1 Å². The highest BCUT2D eigenvalue weighted by Crippen LogP contribution is 2.39. The van der Waals surface area contributed by atoms with E-state index in [0.29, 0.717) is 29.4 Å². The van der Waals surface area contributed by atoms with Crippen LogP contribution in [0, 0.1) is 4.77 Å². The predicted octanol–water partition coefficient (Wildman–Crippen LogP) is 2.14. The number of aromatic nitrogens is 2. The van der Waals surface area contributed by atoms with Crippen molar-refractivity contribution in [3.63, 3.8) is 0 Å². The van der Waals surface area contributed by atoms with Crippen molar-refractivity contribution in [1.82, 2.24) is 9.97 Å². The van der Waals surface area contributed by atoms with Crippen molar-refractivity contribution in [1.29, 1.82) is 0 Å². The first-order valence-electron chi connectivity index (χ1n) is 5.38. The summed E-state index contributed by atoms with van der Waals surface area (Å²) in [5.41, 5.74) is 1.24. The van der Waals surface area contributed by atoms with E-state index >= 15 is 0 Å². The monoisotopic (exact) mass is 262 g/mol. The molecular formula is C12H10N2O3S. The average molecular weight is 262 g/mol. The van der Waals surface area contributed by atoms with Gasteiger partial charge in [-0.1, -0.05) is 12.1 Å². The molecule has 0 amide bonds. The standard InChI is InChI=1S/C12H10N2O3S/c1-16-8-4-2-3-6-5-7-10(15)13-12(18)14-11(7)17-9(6)8/h2-4H,5H2,1H3,(H2,13,14,15,18). The molecule has 92 valence electrons. The normalized spacial score (nSPS) is 12.3. The van der Waals surface area contributed by atoms with E-state index in [1.54, 1.807) is 7.11 Å². The van der Waals surface area contributed by atoms with Crippen LogP contribution in [0.2, 0.25) is 0 Å². The number of para-hydroxylation sites is 1. The maximum atomic E-state index is 11.8. The van der Waals surface area contributed by atoms with Gasteiger partial charge in [-0.3, -0.25) is 9.78 Å². The molecule has 0 bridgehead atoms. The lowest BCUT2D eigenvalue weighted by Gasteiger charge is -2.20. The van der Waals surface area contributed by atoms with E-state index in [4.69, 9.17) is 21.7 Å². The lowest BCUT2D eigenvalue weighted by Crippen LogP contribution is -2.19. The largest absolute Gasteiger partial charge is 0.493 e. The second kappa shape index (κ2) is 3.99. The van der Waals surface area contributed by atoms with E-state index in [0.717, 1.165) is 5.56 Å². The van der Waals surface area contributed by atoms with Gasteiger partial charge in [0.2, 0.25) is 5.88 Å². The van der Waals surface area contributed by atoms with Gasteiger partial charge in [0, 0.05) is 12.0 Å². The van der Waals surface area contributed by atoms with E-state index in [1.165, 1.54) is 0 Å². The molecule has 18 heavy (non-hydrogen) atoms. The Morgan fingerprint density at radius 1 is 1.39 bits per heavy atom. The molecule has 0 aliphatic carbocycles. The summed E-state index contributed by atoms with van der Waals surface area (Å²) in [6, 6.07) is 5.58. The van der Waals surface area contributed by atoms with Gasteiger partial charge in [-0.05, 0) is 18.3 Å². The Hall–Kier alpha value is -2.08. The highest BCUT2D eigenvalue weighted by atomic mass is 32.1. The Kier molecular flexibility index (Phi) is 2.45. The number of methoxy groups -OCH3 is 1. The number of H-pyrrole nitrogens is 2. The molecule has 1 aliphatic heterocycles. The van der Waals surface area contributed by atoms with Crippen LogP contribution in [0.15, 0.2) is 23.0 Å². The van der Waals surface area contributed by atoms with Gasteiger partial charge in [0.1, 0.15) is 0 Å². The van der Waals surface area contributed by atoms with Crippen molar-refractivity contribution in [3.8, 4) is 17.4 Å². The zero-order valence-corrected chi connectivity index (χ0v) is 10.4. The van der Waals surface area contributed by atoms with Crippen LogP contribution >= 0.6 is 12.2 Å². The molecule has 0 spiro atoms. The highest BCUT2D eigenvalue weighted by molar-refractivity contribution is 7.71. The lowest BCUT2D eigenvalue weighted by molar-refractivity contribution is 0.364. The summed E-state index contributed by atoms with van der Waals surface area (Å²) in [5.74, 6) is 1.65. The molecule has 0 unspecified atom stereocenters. The Labute approximate surface area is 107 Å². The maximum Gasteiger partial charge on any atom is 0.259 e. The SMILES string of the molecule is COc1cccc2c1Oc1[nH]c(=S)[nH]c(=O)c1C2. The van der Waals surface area contributed by atoms with E-state index in [1.807, 2.05) is 18.2 Å². The number of ether oxygens (including phenoxy) is 2. The van der Waals surface area contributed by atoms with Crippen molar-refractivity contribution >= 4 is 12.2 Å². The minimum atomic E-state index is -0.220. The Morgan fingerprint density at radius 2 is 2.22 bits per heavy atom. The molecule has 2 aromatic rings. The van der Waals surface area contributed by atoms with Gasteiger partial charge in [0.05, 0.1) is 12.7 Å². The molecule has 0 saturated carbocycles. The van der Waals surface area contributed by atoms with Crippen molar-refractivity contribution in [2.75, 3.05) is 7.11 Å². The minimum absolute atomic E-state index is 0.220. The van der Waals surface area contributed by atoms with Gasteiger partial charge in [0.15, 0.2) is 16.3 Å². The zero-order chi connectivity index (χ0) is 12.7. The zero-order valence-electron chi connectivity index (χ0n) is 9.57. The van der Waals surface area contributed by atoms with Gasteiger partial charge in [-0.15, -0.1) is 0 Å². The molecule has 6 heteroatoms. The van der Waals surface area contributed by atoms with E-state index in [2.05, 4.69) is 9.97 Å². The second-order valence-electron chi connectivity index (χ2n) is 3.94. The topological polar surface area (TPSA) is 67.1 Å². The van der Waals surface area contributed by atoms with Gasteiger partial charge in [-0.25, -0.2) is 0 Å². The summed E-state index contributed by atoms with van der Waals surface area (Å²) in [6.45, 7) is 0. The van der Waals surface area contributed by atoms with Crippen LogP contribution in [0.3, 0.4) is 0 Å². The van der Waals surface area contributed by atoms with Crippen LogP contribution in [0.4, 0.5) is 0 Å². The third kappa shape index (κ3) is 1.62. The molecule has 3 rings (SSSR count). The average Bonchev–Trinajstić information content (AvgIpc) is 2.36. The Balaban J connectivity index is 2.21. The maximum absolute atomic E-state index is 11.8. The van der Waals surface area contributed by atoms with Crippen molar-refractivity contribution in [2.45, 2.75) is 6.42 Å². The number of nitrogens with one attached hydrogen (secondary N) is 2. The minimum Gasteiger partial charge on any atom is -0.493 e. The molecule has 0 atom stereocenters. The molecule has 5 nitrogen and oxygen atoms in total. The van der Waals surface area contributed by atoms with Crippen LogP contribution in [-0.2, 0) is 6.42 Å². The summed E-state index contributed by atoms with van der Waals surface area (Å²) in [4.78, 5) is 17.2. The summed E-state index contributed by atoms with van der Waals surface area (Å²) in [6.07, 6.45) is 0.489. The summed E-state index contributed by atoms with van der Waals surface area (Å²) in [7, 11) is 1.58. The third-order valence-electron chi connectivity index (χ3n) is 2.85. The molecule has 1 aromatic carbocycles. The quantitative estimate of drug-likeness (QED) is 0.659. The number of benzene rings is 1. The second-order valence-corrected chi connectivity index (χ2v) is 4.35. The van der Waals surface area contributed by atoms with E-state index in [9.17, 15) is 4.79 Å². The van der Waals surface area contributed by atoms with Crippen molar-refractivity contribution in [2.24, 2.45) is 0 Å². The first-order chi connectivity index (χ1) is 8.69. The van der Waals surface area contributed by atoms with Gasteiger partial charge < -0.3 is 14.5 Å². The number of aromatic amines is 2. The summed E-state index contributed by atoms with van der Waals surface area (Å²) < 4.78 is 11.2. The number of hydrogen-bond donors (Lipinski definition) is 2. The summed E-state index contributed by atoms with van der Waals surface area (Å²) >= 11 is 4.92. The fraction of sp³-hybridized carbons (Fsp3) is 0.167. The third-order valence-corrected chi connectivity index (χ3v) is 3.06. The van der Waals surface area contributed by atoms with E-state index < -0.39 is 0 Å². The summed E-state index contributed by atoms with van der Waals surface area (Å²) in [5, 5.41) is 0. The fourth-order valence-electron chi connectivity index (χ4n) is 2.01. The van der Waals surface area contributed by atoms with Gasteiger partial charge >= 0.3 is 0 Å². The van der Waals surface area contributed by atoms with Gasteiger partial charge in [-0.2, -0.15) is 0 Å². The first-order valence-corrected chi connectivity index (χ1v) is 5.79. The van der Waals surface area contributed by atoms with Crippen LogP contribution < -0.4 is 15.0 Å². The molecule has 0 radical (unpaired) electrons. The molecule has 1 aliphatic rings. The van der Waals surface area contributed by atoms with Gasteiger partial charge in [0.25, 0.3) is 5.56 Å². The predicted molar refractivity (Wildman–Crippen MR) is 68.1 cm³/mol. The van der Waals surface area contributed by atoms with Crippen molar-refractivity contribution in [3.05, 3.63) is 44.5 Å². The number of fused-ring (bicyclic) bond motifs is 2. The Bertz CT molecular complexity index is 733. The fourth-order valence-corrected chi connectivity index (χ4v) is 2.19. The van der Waals surface area contributed by atoms with Crippen LogP contribution in [0.5, 0.6) is 17.4 Å². The molecule has 2 heterocycles. The highest BCUT2D eigenvalue weighted by Gasteiger charge is 2.23. The molecule has 2 N–H and O–H groups in total. The number of hydrogen-bond acceptors (Lipinski definition) is 4. The van der Waals surface area contributed by atoms with E-state index in [-0.39, 0.29) is 10.3 Å². The molecule has 0 fully saturated rings. The first kappa shape index (κ1) is 11.0. The Morgan fingerprint density at radius 3 is 3.00 bits per heavy atom. The van der Waals surface area contributed by atoms with Crippen molar-refractivity contribution < 1.29 is 9.47 Å². The molecular weight excluding hydrogens is 252 g/mol.